The Bertz CT molecular complexity index is 1840. The zero-order valence-electron chi connectivity index (χ0n) is 25.2. The number of fused-ring (bicyclic) bond motifs is 1. The number of halogens is 5. The first-order valence-electron chi connectivity index (χ1n) is 13.9. The quantitative estimate of drug-likeness (QED) is 0.172. The van der Waals surface area contributed by atoms with E-state index in [1.165, 1.54) is 49.4 Å². The molecule has 47 heavy (non-hydrogen) atoms. The molecule has 0 aliphatic carbocycles. The number of likely N-dealkylation sites (N-methyl/N-ethyl adjacent to an activating group) is 1. The first-order chi connectivity index (χ1) is 22.2. The van der Waals surface area contributed by atoms with Crippen molar-refractivity contribution in [3.05, 3.63) is 87.7 Å². The minimum absolute atomic E-state index is 0.00502. The lowest BCUT2D eigenvalue weighted by Gasteiger charge is -2.21. The van der Waals surface area contributed by atoms with E-state index in [0.717, 1.165) is 0 Å². The van der Waals surface area contributed by atoms with E-state index in [-0.39, 0.29) is 46.1 Å². The Morgan fingerprint density at radius 3 is 2.49 bits per heavy atom. The number of alkyl halides is 3. The predicted molar refractivity (Wildman–Crippen MR) is 173 cm³/mol. The lowest BCUT2D eigenvalue weighted by atomic mass is 10.1. The van der Waals surface area contributed by atoms with Crippen LogP contribution in [0.4, 0.5) is 24.7 Å². The van der Waals surface area contributed by atoms with Crippen molar-refractivity contribution < 1.29 is 37.0 Å². The number of carbonyl (C=O) groups excluding carboxylic acids is 3. The molecule has 15 heteroatoms. The molecule has 10 nitrogen and oxygen atoms in total. The molecule has 0 atom stereocenters. The number of carbonyl (C=O) groups is 3. The van der Waals surface area contributed by atoms with Crippen molar-refractivity contribution in [2.45, 2.75) is 26.6 Å². The second kappa shape index (κ2) is 15.1. The molecule has 0 saturated carbocycles. The van der Waals surface area contributed by atoms with Gasteiger partial charge in [0.15, 0.2) is 6.61 Å². The number of nitrogens with one attached hydrogen (secondary N) is 2. The molecular weight excluding hydrogens is 662 g/mol. The highest BCUT2D eigenvalue weighted by Gasteiger charge is 2.29. The number of hydrogen-bond donors (Lipinski definition) is 2. The topological polar surface area (TPSA) is 123 Å². The largest absolute Gasteiger partial charge is 0.487 e. The van der Waals surface area contributed by atoms with Crippen LogP contribution in [0.1, 0.15) is 23.7 Å². The van der Waals surface area contributed by atoms with E-state index in [0.29, 0.717) is 33.7 Å². The lowest BCUT2D eigenvalue weighted by molar-refractivity contribution is -0.153. The van der Waals surface area contributed by atoms with Crippen molar-refractivity contribution in [3.63, 3.8) is 0 Å². The van der Waals surface area contributed by atoms with E-state index in [4.69, 9.17) is 32.7 Å². The van der Waals surface area contributed by atoms with Crippen molar-refractivity contribution >= 4 is 69.4 Å². The van der Waals surface area contributed by atoms with E-state index in [9.17, 15) is 27.6 Å². The SMILES string of the molecule is CC(=O)Nc1ccc(/C=C/C(=O)NCC(=O)N(C)c2ccc(Cl)c(COc3cccc4c(OCC(F)(F)F)cc(C)nc34)c2Cl)cn1. The normalized spacial score (nSPS) is 11.4. The standard InChI is InChI=1S/C32H28Cl2F3N5O5/c1-18-13-26(47-17-32(35,36)37)21-5-4-6-25(31(21)40-18)46-16-22-23(33)9-10-24(30(22)34)42(3)29(45)15-39-28(44)12-8-20-7-11-27(38-14-20)41-19(2)43/h4-14H,15-17H2,1-3H3,(H,39,44)(H,38,41,43)/b12-8+. The Morgan fingerprint density at radius 1 is 1.04 bits per heavy atom. The summed E-state index contributed by atoms with van der Waals surface area (Å²) in [6.45, 7) is 1.01. The van der Waals surface area contributed by atoms with Gasteiger partial charge in [-0.05, 0) is 55.0 Å². The van der Waals surface area contributed by atoms with Crippen LogP contribution in [0.25, 0.3) is 17.0 Å². The summed E-state index contributed by atoms with van der Waals surface area (Å²) in [6.07, 6.45) is -0.308. The van der Waals surface area contributed by atoms with Crippen LogP contribution in [0.2, 0.25) is 10.0 Å². The van der Waals surface area contributed by atoms with Crippen LogP contribution in [0.3, 0.4) is 0 Å². The summed E-state index contributed by atoms with van der Waals surface area (Å²) in [5, 5.41) is 5.74. The van der Waals surface area contributed by atoms with E-state index in [1.807, 2.05) is 0 Å². The summed E-state index contributed by atoms with van der Waals surface area (Å²) in [6, 6.07) is 12.5. The number of nitrogens with zero attached hydrogens (tertiary/aromatic N) is 3. The second-order valence-corrected chi connectivity index (χ2v) is 10.9. The van der Waals surface area contributed by atoms with Gasteiger partial charge in [-0.2, -0.15) is 13.2 Å². The van der Waals surface area contributed by atoms with E-state index in [2.05, 4.69) is 20.6 Å². The fourth-order valence-electron chi connectivity index (χ4n) is 4.24. The van der Waals surface area contributed by atoms with Gasteiger partial charge in [-0.15, -0.1) is 0 Å². The molecule has 0 spiro atoms. The van der Waals surface area contributed by atoms with Crippen molar-refractivity contribution in [2.75, 3.05) is 30.4 Å². The van der Waals surface area contributed by atoms with Gasteiger partial charge in [-0.3, -0.25) is 14.4 Å². The molecule has 0 bridgehead atoms. The highest BCUT2D eigenvalue weighted by molar-refractivity contribution is 6.38. The molecule has 0 aliphatic heterocycles. The Kier molecular flexibility index (Phi) is 11.3. The van der Waals surface area contributed by atoms with Crippen LogP contribution in [-0.2, 0) is 21.0 Å². The Hall–Kier alpha value is -4.88. The molecule has 0 unspecified atom stereocenters. The number of para-hydroxylation sites is 1. The molecule has 0 fully saturated rings. The molecule has 2 heterocycles. The average Bonchev–Trinajstić information content (AvgIpc) is 3.01. The van der Waals surface area contributed by atoms with Crippen LogP contribution in [-0.4, -0.2) is 54.1 Å². The number of pyridine rings is 2. The van der Waals surface area contributed by atoms with Gasteiger partial charge in [0.1, 0.15) is 29.4 Å². The third kappa shape index (κ3) is 9.56. The summed E-state index contributed by atoms with van der Waals surface area (Å²) in [4.78, 5) is 46.1. The van der Waals surface area contributed by atoms with Crippen molar-refractivity contribution in [1.82, 2.24) is 15.3 Å². The highest BCUT2D eigenvalue weighted by atomic mass is 35.5. The number of aromatic nitrogens is 2. The van der Waals surface area contributed by atoms with Crippen LogP contribution < -0.4 is 25.0 Å². The number of ether oxygens (including phenoxy) is 2. The fraction of sp³-hybridized carbons (Fsp3) is 0.219. The Morgan fingerprint density at radius 2 is 1.81 bits per heavy atom. The number of hydrogen-bond acceptors (Lipinski definition) is 7. The Labute approximate surface area is 277 Å². The van der Waals surface area contributed by atoms with Gasteiger partial charge >= 0.3 is 6.18 Å². The van der Waals surface area contributed by atoms with Gasteiger partial charge in [-0.1, -0.05) is 29.3 Å². The third-order valence-electron chi connectivity index (χ3n) is 6.49. The van der Waals surface area contributed by atoms with Crippen LogP contribution in [0, 0.1) is 6.92 Å². The highest BCUT2D eigenvalue weighted by Crippen LogP contribution is 2.37. The van der Waals surface area contributed by atoms with Crippen LogP contribution in [0.5, 0.6) is 11.5 Å². The maximum atomic E-state index is 12.9. The molecule has 2 aromatic heterocycles. The summed E-state index contributed by atoms with van der Waals surface area (Å²) in [5.41, 5.74) is 1.94. The molecule has 4 aromatic rings. The molecule has 0 radical (unpaired) electrons. The van der Waals surface area contributed by atoms with Crippen molar-refractivity contribution in [2.24, 2.45) is 0 Å². The molecule has 0 aliphatic rings. The second-order valence-electron chi connectivity index (χ2n) is 10.1. The van der Waals surface area contributed by atoms with Gasteiger partial charge in [0.2, 0.25) is 17.7 Å². The summed E-state index contributed by atoms with van der Waals surface area (Å²) < 4.78 is 49.4. The van der Waals surface area contributed by atoms with Crippen LogP contribution in [0.15, 0.2) is 60.8 Å². The smallest absolute Gasteiger partial charge is 0.422 e. The molecule has 4 rings (SSSR count). The number of benzene rings is 2. The molecule has 2 N–H and O–H groups in total. The summed E-state index contributed by atoms with van der Waals surface area (Å²) >= 11 is 13.1. The average molecular weight is 691 g/mol. The van der Waals surface area contributed by atoms with E-state index < -0.39 is 24.6 Å². The fourth-order valence-corrected chi connectivity index (χ4v) is 4.85. The number of aryl methyl sites for hydroxylation is 1. The zero-order chi connectivity index (χ0) is 34.3. The minimum Gasteiger partial charge on any atom is -0.487 e. The minimum atomic E-state index is -4.52. The maximum absolute atomic E-state index is 12.9. The van der Waals surface area contributed by atoms with Gasteiger partial charge < -0.3 is 25.0 Å². The number of amides is 3. The first-order valence-corrected chi connectivity index (χ1v) is 14.6. The molecule has 0 saturated heterocycles. The Balaban J connectivity index is 1.42. The maximum Gasteiger partial charge on any atom is 0.422 e. The predicted octanol–water partition coefficient (Wildman–Crippen LogP) is 6.52. The van der Waals surface area contributed by atoms with Gasteiger partial charge in [-0.25, -0.2) is 9.97 Å². The monoisotopic (exact) mass is 689 g/mol. The van der Waals surface area contributed by atoms with Gasteiger partial charge in [0.25, 0.3) is 0 Å². The van der Waals surface area contributed by atoms with Gasteiger partial charge in [0, 0.05) is 54.0 Å². The van der Waals surface area contributed by atoms with Crippen molar-refractivity contribution in [1.29, 1.82) is 0 Å². The molecule has 2 aromatic carbocycles. The summed E-state index contributed by atoms with van der Waals surface area (Å²) in [7, 11) is 1.48. The third-order valence-corrected chi connectivity index (χ3v) is 7.26. The molecule has 246 valence electrons. The molecule has 3 amide bonds. The first kappa shape index (κ1) is 35.0. The van der Waals surface area contributed by atoms with E-state index >= 15 is 0 Å². The number of rotatable bonds is 11. The summed E-state index contributed by atoms with van der Waals surface area (Å²) in [5.74, 6) is -0.642. The van der Waals surface area contributed by atoms with Crippen LogP contribution >= 0.6 is 23.2 Å². The molecular formula is C32H28Cl2F3N5O5. The van der Waals surface area contributed by atoms with E-state index in [1.54, 1.807) is 43.3 Å². The zero-order valence-corrected chi connectivity index (χ0v) is 26.8. The van der Waals surface area contributed by atoms with Gasteiger partial charge in [0.05, 0.1) is 17.3 Å². The lowest BCUT2D eigenvalue weighted by Crippen LogP contribution is -2.37. The van der Waals surface area contributed by atoms with Crippen molar-refractivity contribution in [3.8, 4) is 11.5 Å². The number of anilines is 2.